The molecule has 0 spiro atoms. The minimum Gasteiger partial charge on any atom is -0.491 e. The lowest BCUT2D eigenvalue weighted by atomic mass is 10.2. The van der Waals surface area contributed by atoms with E-state index < -0.39 is 11.7 Å². The van der Waals surface area contributed by atoms with Gasteiger partial charge in [-0.25, -0.2) is 0 Å². The average Bonchev–Trinajstić information content (AvgIpc) is 2.48. The van der Waals surface area contributed by atoms with E-state index in [2.05, 4.69) is 15.9 Å². The van der Waals surface area contributed by atoms with Crippen molar-refractivity contribution < 1.29 is 22.6 Å². The van der Waals surface area contributed by atoms with Crippen LogP contribution >= 0.6 is 15.9 Å². The van der Waals surface area contributed by atoms with Gasteiger partial charge in [-0.2, -0.15) is 13.2 Å². The second-order valence-electron chi connectivity index (χ2n) is 4.52. The Kier molecular flexibility index (Phi) is 5.85. The van der Waals surface area contributed by atoms with Gasteiger partial charge < -0.3 is 9.47 Å². The highest BCUT2D eigenvalue weighted by atomic mass is 79.9. The summed E-state index contributed by atoms with van der Waals surface area (Å²) in [5, 5.41) is 0. The van der Waals surface area contributed by atoms with Crippen molar-refractivity contribution in [3.63, 3.8) is 0 Å². The Bertz CT molecular complexity index is 600. The molecule has 0 aliphatic carbocycles. The van der Waals surface area contributed by atoms with Crippen LogP contribution in [0.3, 0.4) is 0 Å². The van der Waals surface area contributed by atoms with Gasteiger partial charge in [0.15, 0.2) is 0 Å². The molecule has 22 heavy (non-hydrogen) atoms. The molecule has 6 heteroatoms. The molecule has 0 aliphatic rings. The van der Waals surface area contributed by atoms with E-state index in [4.69, 9.17) is 9.47 Å². The molecule has 0 N–H and O–H groups in total. The van der Waals surface area contributed by atoms with Crippen molar-refractivity contribution in [2.24, 2.45) is 0 Å². The molecule has 0 aliphatic heterocycles. The van der Waals surface area contributed by atoms with Crippen LogP contribution in [0.4, 0.5) is 13.2 Å². The molecule has 2 aromatic rings. The van der Waals surface area contributed by atoms with Crippen molar-refractivity contribution in [1.29, 1.82) is 0 Å². The minimum atomic E-state index is -4.45. The van der Waals surface area contributed by atoms with E-state index in [9.17, 15) is 13.2 Å². The standard InChI is InChI=1S/C16H14BrF3O2/c17-13-6-7-15(14(10-13)16(18,19)20)22-9-8-21-11-12-4-2-1-3-5-12/h1-7,10H,8-9,11H2. The Hall–Kier alpha value is -1.53. The third-order valence-corrected chi connectivity index (χ3v) is 3.34. The van der Waals surface area contributed by atoms with Crippen LogP contribution in [0.1, 0.15) is 11.1 Å². The first-order valence-corrected chi connectivity index (χ1v) is 7.37. The number of hydrogen-bond donors (Lipinski definition) is 0. The first kappa shape index (κ1) is 16.8. The van der Waals surface area contributed by atoms with E-state index in [1.165, 1.54) is 12.1 Å². The summed E-state index contributed by atoms with van der Waals surface area (Å²) in [5.41, 5.74) is 0.201. The first-order valence-electron chi connectivity index (χ1n) is 6.58. The van der Waals surface area contributed by atoms with Crippen LogP contribution in [0.15, 0.2) is 53.0 Å². The van der Waals surface area contributed by atoms with Gasteiger partial charge in [0.2, 0.25) is 0 Å². The fourth-order valence-corrected chi connectivity index (χ4v) is 2.19. The molecule has 2 rings (SSSR count). The van der Waals surface area contributed by atoms with Crippen LogP contribution in [0, 0.1) is 0 Å². The van der Waals surface area contributed by atoms with Crippen LogP contribution in [0.2, 0.25) is 0 Å². The predicted octanol–water partition coefficient (Wildman–Crippen LogP) is 5.06. The van der Waals surface area contributed by atoms with E-state index in [0.29, 0.717) is 11.1 Å². The molecule has 0 saturated carbocycles. The number of hydrogen-bond acceptors (Lipinski definition) is 2. The SMILES string of the molecule is FC(F)(F)c1cc(Br)ccc1OCCOCc1ccccc1. The second-order valence-corrected chi connectivity index (χ2v) is 5.44. The fraction of sp³-hybridized carbons (Fsp3) is 0.250. The molecule has 2 aromatic carbocycles. The molecule has 0 amide bonds. The maximum absolute atomic E-state index is 12.9. The van der Waals surface area contributed by atoms with Crippen molar-refractivity contribution in [3.05, 3.63) is 64.1 Å². The first-order chi connectivity index (χ1) is 10.5. The number of ether oxygens (including phenoxy) is 2. The fourth-order valence-electron chi connectivity index (χ4n) is 1.82. The topological polar surface area (TPSA) is 18.5 Å². The van der Waals surface area contributed by atoms with Crippen molar-refractivity contribution in [2.45, 2.75) is 12.8 Å². The smallest absolute Gasteiger partial charge is 0.420 e. The summed E-state index contributed by atoms with van der Waals surface area (Å²) in [6, 6.07) is 13.3. The van der Waals surface area contributed by atoms with E-state index in [-0.39, 0.29) is 19.0 Å². The van der Waals surface area contributed by atoms with E-state index in [0.717, 1.165) is 11.6 Å². The largest absolute Gasteiger partial charge is 0.491 e. The Morgan fingerprint density at radius 1 is 0.955 bits per heavy atom. The quantitative estimate of drug-likeness (QED) is 0.657. The number of alkyl halides is 3. The van der Waals surface area contributed by atoms with Gasteiger partial charge in [0.25, 0.3) is 0 Å². The van der Waals surface area contributed by atoms with Gasteiger partial charge in [0, 0.05) is 4.47 Å². The highest BCUT2D eigenvalue weighted by Crippen LogP contribution is 2.37. The lowest BCUT2D eigenvalue weighted by molar-refractivity contribution is -0.139. The van der Waals surface area contributed by atoms with Crippen molar-refractivity contribution in [2.75, 3.05) is 13.2 Å². The highest BCUT2D eigenvalue weighted by molar-refractivity contribution is 9.10. The molecule has 0 atom stereocenters. The van der Waals surface area contributed by atoms with Crippen LogP contribution in [0.25, 0.3) is 0 Å². The van der Waals surface area contributed by atoms with Crippen LogP contribution in [-0.2, 0) is 17.5 Å². The Morgan fingerprint density at radius 3 is 2.36 bits per heavy atom. The van der Waals surface area contributed by atoms with Crippen LogP contribution in [0.5, 0.6) is 5.75 Å². The molecular weight excluding hydrogens is 361 g/mol. The van der Waals surface area contributed by atoms with Crippen LogP contribution < -0.4 is 4.74 Å². The zero-order chi connectivity index (χ0) is 16.0. The minimum absolute atomic E-state index is 0.0531. The number of benzene rings is 2. The van der Waals surface area contributed by atoms with Crippen molar-refractivity contribution >= 4 is 15.9 Å². The summed E-state index contributed by atoms with van der Waals surface area (Å²) in [5.74, 6) is -0.195. The van der Waals surface area contributed by atoms with Gasteiger partial charge in [0.1, 0.15) is 12.4 Å². The second kappa shape index (κ2) is 7.65. The maximum Gasteiger partial charge on any atom is 0.420 e. The molecule has 0 fully saturated rings. The molecule has 2 nitrogen and oxygen atoms in total. The third-order valence-electron chi connectivity index (χ3n) is 2.84. The summed E-state index contributed by atoms with van der Waals surface area (Å²) in [6.45, 7) is 0.663. The average molecular weight is 375 g/mol. The molecule has 0 unspecified atom stereocenters. The molecule has 118 valence electrons. The molecule has 0 saturated heterocycles. The zero-order valence-electron chi connectivity index (χ0n) is 11.6. The summed E-state index contributed by atoms with van der Waals surface area (Å²) in [4.78, 5) is 0. The van der Waals surface area contributed by atoms with Crippen molar-refractivity contribution in [3.8, 4) is 5.75 Å². The van der Waals surface area contributed by atoms with Gasteiger partial charge in [0.05, 0.1) is 18.8 Å². The predicted molar refractivity (Wildman–Crippen MR) is 80.7 cm³/mol. The maximum atomic E-state index is 12.9. The molecular formula is C16H14BrF3O2. The van der Waals surface area contributed by atoms with Gasteiger partial charge in [-0.05, 0) is 23.8 Å². The summed E-state index contributed by atoms with van der Waals surface area (Å²) in [7, 11) is 0. The van der Waals surface area contributed by atoms with E-state index in [1.807, 2.05) is 30.3 Å². The highest BCUT2D eigenvalue weighted by Gasteiger charge is 2.34. The lowest BCUT2D eigenvalue weighted by Crippen LogP contribution is -2.12. The molecule has 0 radical (unpaired) electrons. The van der Waals surface area contributed by atoms with Gasteiger partial charge in [-0.3, -0.25) is 0 Å². The molecule has 0 aromatic heterocycles. The Morgan fingerprint density at radius 2 is 1.68 bits per heavy atom. The van der Waals surface area contributed by atoms with E-state index >= 15 is 0 Å². The van der Waals surface area contributed by atoms with Gasteiger partial charge >= 0.3 is 6.18 Å². The summed E-state index contributed by atoms with van der Waals surface area (Å²) >= 11 is 3.03. The molecule has 0 bridgehead atoms. The monoisotopic (exact) mass is 374 g/mol. The van der Waals surface area contributed by atoms with Crippen molar-refractivity contribution in [1.82, 2.24) is 0 Å². The molecule has 0 heterocycles. The Labute approximate surface area is 135 Å². The number of rotatable bonds is 6. The lowest BCUT2D eigenvalue weighted by Gasteiger charge is -2.14. The number of halogens is 4. The third kappa shape index (κ3) is 5.03. The zero-order valence-corrected chi connectivity index (χ0v) is 13.2. The summed E-state index contributed by atoms with van der Waals surface area (Å²) < 4.78 is 49.6. The van der Waals surface area contributed by atoms with E-state index in [1.54, 1.807) is 0 Å². The Balaban J connectivity index is 1.84. The normalized spacial score (nSPS) is 11.5. The van der Waals surface area contributed by atoms with Gasteiger partial charge in [-0.15, -0.1) is 0 Å². The van der Waals surface area contributed by atoms with Gasteiger partial charge in [-0.1, -0.05) is 46.3 Å². The van der Waals surface area contributed by atoms with Crippen LogP contribution in [-0.4, -0.2) is 13.2 Å². The summed E-state index contributed by atoms with van der Waals surface area (Å²) in [6.07, 6.45) is -4.45.